The van der Waals surface area contributed by atoms with E-state index in [1.807, 2.05) is 32.3 Å². The van der Waals surface area contributed by atoms with Crippen LogP contribution in [-0.4, -0.2) is 31.0 Å². The lowest BCUT2D eigenvalue weighted by molar-refractivity contribution is 0.585. The lowest BCUT2D eigenvalue weighted by atomic mass is 9.97. The van der Waals surface area contributed by atoms with Crippen LogP contribution in [0.1, 0.15) is 25.0 Å². The number of rotatable bonds is 5. The fourth-order valence-corrected chi connectivity index (χ4v) is 3.36. The van der Waals surface area contributed by atoms with Gasteiger partial charge in [-0.05, 0) is 30.2 Å². The second kappa shape index (κ2) is 7.16. The van der Waals surface area contributed by atoms with Gasteiger partial charge in [0.05, 0.1) is 23.6 Å². The summed E-state index contributed by atoms with van der Waals surface area (Å²) in [5.74, 6) is -0.274. The van der Waals surface area contributed by atoms with E-state index in [0.717, 1.165) is 33.3 Å². The van der Waals surface area contributed by atoms with E-state index in [1.165, 1.54) is 6.07 Å². The number of hydrogen-bond acceptors (Lipinski definition) is 4. The summed E-state index contributed by atoms with van der Waals surface area (Å²) in [4.78, 5) is 4.49. The lowest BCUT2D eigenvalue weighted by Crippen LogP contribution is -2.22. The minimum atomic E-state index is -0.274. The molecule has 4 aromatic rings. The van der Waals surface area contributed by atoms with Crippen LogP contribution in [0, 0.1) is 12.7 Å². The number of aromatic amines is 1. The van der Waals surface area contributed by atoms with E-state index in [2.05, 4.69) is 39.4 Å². The Morgan fingerprint density at radius 1 is 1.25 bits per heavy atom. The zero-order valence-corrected chi connectivity index (χ0v) is 16.4. The first-order valence-electron chi connectivity index (χ1n) is 9.29. The number of pyridine rings is 1. The quantitative estimate of drug-likeness (QED) is 0.551. The van der Waals surface area contributed by atoms with Gasteiger partial charge in [0.2, 0.25) is 0 Å². The Morgan fingerprint density at radius 3 is 2.79 bits per heavy atom. The molecule has 2 N–H and O–H groups in total. The Labute approximate surface area is 162 Å². The van der Waals surface area contributed by atoms with Crippen molar-refractivity contribution in [2.75, 3.05) is 0 Å². The van der Waals surface area contributed by atoms with Gasteiger partial charge in [-0.3, -0.25) is 14.8 Å². The number of hydrogen-bond donors (Lipinski definition) is 2. The van der Waals surface area contributed by atoms with E-state index in [0.29, 0.717) is 23.8 Å². The normalized spacial score (nSPS) is 11.6. The summed E-state index contributed by atoms with van der Waals surface area (Å²) in [6, 6.07) is 5.60. The number of aromatic nitrogens is 5. The summed E-state index contributed by atoms with van der Waals surface area (Å²) in [7, 11) is 1.86. The molecule has 1 aromatic carbocycles. The van der Waals surface area contributed by atoms with Gasteiger partial charge in [0.25, 0.3) is 0 Å². The van der Waals surface area contributed by atoms with Crippen molar-refractivity contribution in [3.8, 4) is 22.5 Å². The summed E-state index contributed by atoms with van der Waals surface area (Å²) >= 11 is 0. The smallest absolute Gasteiger partial charge is 0.132 e. The highest BCUT2D eigenvalue weighted by Crippen LogP contribution is 2.32. The van der Waals surface area contributed by atoms with Crippen molar-refractivity contribution in [3.05, 3.63) is 53.7 Å². The minimum Gasteiger partial charge on any atom is -0.310 e. The molecule has 0 atom stereocenters. The Kier molecular flexibility index (Phi) is 4.68. The molecule has 0 aliphatic rings. The minimum absolute atomic E-state index is 0.274. The highest BCUT2D eigenvalue weighted by Gasteiger charge is 2.17. The van der Waals surface area contributed by atoms with Gasteiger partial charge in [-0.2, -0.15) is 10.2 Å². The van der Waals surface area contributed by atoms with Gasteiger partial charge in [-0.1, -0.05) is 19.9 Å². The molecule has 0 aliphatic carbocycles. The first-order valence-corrected chi connectivity index (χ1v) is 9.29. The largest absolute Gasteiger partial charge is 0.310 e. The van der Waals surface area contributed by atoms with E-state index in [-0.39, 0.29) is 5.82 Å². The molecule has 7 heteroatoms. The standard InChI is InChI=1S/C21H23FN6/c1-12(2)23-8-14-5-6-17(22)20(13(14)3)18-7-16-19(10-24-18)26-27-21(16)15-9-25-28(4)11-15/h5-7,9-12,23H,8H2,1-4H3,(H,26,27). The number of nitrogens with one attached hydrogen (secondary N) is 2. The Hall–Kier alpha value is -3.06. The monoisotopic (exact) mass is 378 g/mol. The molecule has 0 saturated carbocycles. The first-order chi connectivity index (χ1) is 13.4. The van der Waals surface area contributed by atoms with Gasteiger partial charge >= 0.3 is 0 Å². The first kappa shape index (κ1) is 18.3. The fourth-order valence-electron chi connectivity index (χ4n) is 3.36. The molecule has 0 spiro atoms. The van der Waals surface area contributed by atoms with E-state index < -0.39 is 0 Å². The van der Waals surface area contributed by atoms with Crippen LogP contribution < -0.4 is 5.32 Å². The molecule has 0 radical (unpaired) electrons. The van der Waals surface area contributed by atoms with E-state index >= 15 is 0 Å². The van der Waals surface area contributed by atoms with E-state index in [4.69, 9.17) is 0 Å². The maximum absolute atomic E-state index is 14.8. The third-order valence-corrected chi connectivity index (χ3v) is 4.91. The van der Waals surface area contributed by atoms with E-state index in [9.17, 15) is 4.39 Å². The maximum atomic E-state index is 14.8. The van der Waals surface area contributed by atoms with E-state index in [1.54, 1.807) is 17.1 Å². The molecule has 0 fully saturated rings. The second-order valence-corrected chi connectivity index (χ2v) is 7.33. The zero-order valence-electron chi connectivity index (χ0n) is 16.4. The predicted octanol–water partition coefficient (Wildman–Crippen LogP) is 3.97. The molecule has 0 aliphatic heterocycles. The molecule has 0 bridgehead atoms. The molecule has 0 amide bonds. The summed E-state index contributed by atoms with van der Waals surface area (Å²) in [5.41, 5.74) is 5.57. The third kappa shape index (κ3) is 3.29. The van der Waals surface area contributed by atoms with Crippen molar-refractivity contribution in [1.82, 2.24) is 30.3 Å². The third-order valence-electron chi connectivity index (χ3n) is 4.91. The van der Waals surface area contributed by atoms with Crippen molar-refractivity contribution >= 4 is 10.9 Å². The van der Waals surface area contributed by atoms with Gasteiger partial charge in [0, 0.05) is 42.3 Å². The van der Waals surface area contributed by atoms with Crippen LogP contribution in [0.5, 0.6) is 0 Å². The number of aryl methyl sites for hydroxylation is 1. The molecule has 0 unspecified atom stereocenters. The topological polar surface area (TPSA) is 71.4 Å². The van der Waals surface area contributed by atoms with Crippen LogP contribution >= 0.6 is 0 Å². The summed E-state index contributed by atoms with van der Waals surface area (Å²) < 4.78 is 16.5. The van der Waals surface area contributed by atoms with Crippen LogP contribution in [-0.2, 0) is 13.6 Å². The van der Waals surface area contributed by atoms with Crippen LogP contribution in [0.15, 0.2) is 36.8 Å². The Bertz CT molecular complexity index is 1140. The molecule has 144 valence electrons. The molecule has 4 rings (SSSR count). The van der Waals surface area contributed by atoms with Crippen LogP contribution in [0.2, 0.25) is 0 Å². The van der Waals surface area contributed by atoms with Crippen molar-refractivity contribution < 1.29 is 4.39 Å². The molecule has 6 nitrogen and oxygen atoms in total. The zero-order chi connectivity index (χ0) is 19.8. The Morgan fingerprint density at radius 2 is 2.07 bits per heavy atom. The fraction of sp³-hybridized carbons (Fsp3) is 0.286. The average molecular weight is 378 g/mol. The highest BCUT2D eigenvalue weighted by atomic mass is 19.1. The molecule has 3 aromatic heterocycles. The summed E-state index contributed by atoms with van der Waals surface area (Å²) in [6.45, 7) is 6.81. The van der Waals surface area contributed by atoms with Crippen molar-refractivity contribution in [1.29, 1.82) is 0 Å². The van der Waals surface area contributed by atoms with Crippen LogP contribution in [0.3, 0.4) is 0 Å². The number of fused-ring (bicyclic) bond motifs is 1. The molecule has 3 heterocycles. The summed E-state index contributed by atoms with van der Waals surface area (Å²) in [6.07, 6.45) is 5.37. The van der Waals surface area contributed by atoms with Crippen LogP contribution in [0.25, 0.3) is 33.4 Å². The second-order valence-electron chi connectivity index (χ2n) is 7.33. The molecular weight excluding hydrogens is 355 g/mol. The molecular formula is C21H23FN6. The molecule has 0 saturated heterocycles. The van der Waals surface area contributed by atoms with Crippen LogP contribution in [0.4, 0.5) is 4.39 Å². The number of benzene rings is 1. The van der Waals surface area contributed by atoms with Gasteiger partial charge < -0.3 is 5.32 Å². The molecule has 28 heavy (non-hydrogen) atoms. The highest BCUT2D eigenvalue weighted by molar-refractivity contribution is 5.94. The van der Waals surface area contributed by atoms with Gasteiger partial charge in [-0.15, -0.1) is 0 Å². The number of H-pyrrole nitrogens is 1. The van der Waals surface area contributed by atoms with Gasteiger partial charge in [0.1, 0.15) is 11.5 Å². The van der Waals surface area contributed by atoms with Gasteiger partial charge in [-0.25, -0.2) is 4.39 Å². The van der Waals surface area contributed by atoms with Crippen molar-refractivity contribution in [2.24, 2.45) is 7.05 Å². The van der Waals surface area contributed by atoms with Crippen molar-refractivity contribution in [2.45, 2.75) is 33.4 Å². The number of halogens is 1. The summed E-state index contributed by atoms with van der Waals surface area (Å²) in [5, 5.41) is 15.9. The average Bonchev–Trinajstić information content (AvgIpc) is 3.26. The Balaban J connectivity index is 1.82. The lowest BCUT2D eigenvalue weighted by Gasteiger charge is -2.14. The van der Waals surface area contributed by atoms with Gasteiger partial charge in [0.15, 0.2) is 0 Å². The number of nitrogens with zero attached hydrogens (tertiary/aromatic N) is 4. The SMILES string of the molecule is Cc1c(CNC(C)C)ccc(F)c1-c1cc2c(-c3cnn(C)c3)n[nH]c2cn1. The maximum Gasteiger partial charge on any atom is 0.132 e. The predicted molar refractivity (Wildman–Crippen MR) is 108 cm³/mol. The van der Waals surface area contributed by atoms with Crippen molar-refractivity contribution in [3.63, 3.8) is 0 Å².